The summed E-state index contributed by atoms with van der Waals surface area (Å²) in [5.41, 5.74) is 0.333. The maximum Gasteiger partial charge on any atom is 0.0919 e. The lowest BCUT2D eigenvalue weighted by atomic mass is 10.1. The van der Waals surface area contributed by atoms with Gasteiger partial charge in [0, 0.05) is 94.9 Å². The Bertz CT molecular complexity index is 869. The second-order valence-corrected chi connectivity index (χ2v) is 28.8. The van der Waals surface area contributed by atoms with Gasteiger partial charge >= 0.3 is 0 Å². The first kappa shape index (κ1) is 99.2. The van der Waals surface area contributed by atoms with Crippen molar-refractivity contribution in [3.63, 3.8) is 0 Å². The molecule has 0 atom stereocenters. The number of hydrogen-bond acceptors (Lipinski definition) is 12. The van der Waals surface area contributed by atoms with E-state index in [0.29, 0.717) is 5.54 Å². The standard InChI is InChI=1S/C6H15N.C5H12N2.C5H11N.C4H9NO.C4H9NS.C4H9N.8C4H10.C3H4N2.C3H7N.C2H5N/c1-6(2,3)7(4)5;1-7-4-2-6-3-5-7;1-2-4-6-5-3-1;2*1-3-6-4-2-5-1;1-2-4-5-3-1;8*1-4(2)3;1-2-5-3-4-1;1-2-4-3-1;1-2-3-1/h1-5H3;6H,2-5H2,1H3;6H,1-5H2;2*5H,1-4H2;5H,1-4H2;8*4H,1-3H3;1-3H,(H,4,5);4H,1-3H2;3H,1-2H2. The Morgan fingerprint density at radius 1 is 0.395 bits per heavy atom. The molecule has 0 radical (unpaired) electrons. The van der Waals surface area contributed by atoms with E-state index in [4.69, 9.17) is 4.74 Å². The van der Waals surface area contributed by atoms with E-state index in [9.17, 15) is 0 Å². The summed E-state index contributed by atoms with van der Waals surface area (Å²) >= 11 is 2.03. The van der Waals surface area contributed by atoms with E-state index in [1.54, 1.807) is 18.7 Å². The van der Waals surface area contributed by atoms with Gasteiger partial charge in [-0.15, -0.1) is 0 Å². The van der Waals surface area contributed by atoms with Gasteiger partial charge in [0.15, 0.2) is 0 Å². The fourth-order valence-electron chi connectivity index (χ4n) is 3.63. The smallest absolute Gasteiger partial charge is 0.0919 e. The first-order chi connectivity index (χ1) is 37.7. The van der Waals surface area contributed by atoms with Gasteiger partial charge in [-0.25, -0.2) is 4.98 Å². The summed E-state index contributed by atoms with van der Waals surface area (Å²) in [6.07, 6.45) is 13.5. The third kappa shape index (κ3) is 221. The largest absolute Gasteiger partial charge is 0.379 e. The molecule has 8 heterocycles. The topological polar surface area (TPSA) is 139 Å². The van der Waals surface area contributed by atoms with E-state index in [1.807, 2.05) is 11.8 Å². The Hall–Kier alpha value is -0.840. The molecule has 0 saturated carbocycles. The normalized spacial score (nSPS) is 16.2. The minimum absolute atomic E-state index is 0.333. The molecular formula is C68H161N11OS. The predicted molar refractivity (Wildman–Crippen MR) is 380 cm³/mol. The molecule has 7 fully saturated rings. The zero-order valence-corrected chi connectivity index (χ0v) is 62.2. The van der Waals surface area contributed by atoms with Gasteiger partial charge in [0.05, 0.1) is 19.5 Å². The van der Waals surface area contributed by atoms with Crippen molar-refractivity contribution in [1.29, 1.82) is 0 Å². The van der Waals surface area contributed by atoms with Gasteiger partial charge in [0.1, 0.15) is 0 Å². The Balaban J connectivity index is -0.0000000976. The van der Waals surface area contributed by atoms with Crippen molar-refractivity contribution in [2.45, 2.75) is 231 Å². The molecule has 7 saturated heterocycles. The summed E-state index contributed by atoms with van der Waals surface area (Å²) in [6, 6.07) is 0. The number of piperazine rings is 1. The lowest BCUT2D eigenvalue weighted by Gasteiger charge is -2.27. The molecule has 500 valence electrons. The van der Waals surface area contributed by atoms with Crippen LogP contribution < -0.4 is 37.2 Å². The summed E-state index contributed by atoms with van der Waals surface area (Å²) in [5, 5.41) is 22.3. The fourth-order valence-corrected chi connectivity index (χ4v) is 4.41. The highest BCUT2D eigenvalue weighted by Crippen LogP contribution is 2.05. The molecule has 8 rings (SSSR count). The lowest BCUT2D eigenvalue weighted by Crippen LogP contribution is -2.40. The number of H-pyrrole nitrogens is 1. The predicted octanol–water partition coefficient (Wildman–Crippen LogP) is 15.2. The van der Waals surface area contributed by atoms with E-state index in [0.717, 1.165) is 86.7 Å². The van der Waals surface area contributed by atoms with Crippen LogP contribution in [0.2, 0.25) is 0 Å². The molecule has 8 N–H and O–H groups in total. The van der Waals surface area contributed by atoms with Crippen molar-refractivity contribution < 1.29 is 4.74 Å². The van der Waals surface area contributed by atoms with Crippen molar-refractivity contribution in [3.05, 3.63) is 18.7 Å². The molecule has 0 aromatic carbocycles. The molecule has 0 unspecified atom stereocenters. The number of hydrogen-bond donors (Lipinski definition) is 8. The number of nitrogens with one attached hydrogen (secondary N) is 8. The molecule has 7 aliphatic heterocycles. The third-order valence-corrected chi connectivity index (χ3v) is 8.89. The molecule has 1 aromatic heterocycles. The van der Waals surface area contributed by atoms with Gasteiger partial charge in [-0.1, -0.05) is 173 Å². The van der Waals surface area contributed by atoms with Crippen LogP contribution in [0.3, 0.4) is 0 Å². The minimum Gasteiger partial charge on any atom is -0.379 e. The Morgan fingerprint density at radius 3 is 0.716 bits per heavy atom. The van der Waals surface area contributed by atoms with Crippen LogP contribution in [0.4, 0.5) is 0 Å². The third-order valence-electron chi connectivity index (χ3n) is 7.90. The molecule has 0 spiro atoms. The van der Waals surface area contributed by atoms with Gasteiger partial charge in [-0.3, -0.25) is 0 Å². The zero-order chi connectivity index (χ0) is 64.6. The van der Waals surface area contributed by atoms with Crippen LogP contribution in [-0.4, -0.2) is 176 Å². The maximum absolute atomic E-state index is 5.01. The number of ether oxygens (including phenoxy) is 1. The van der Waals surface area contributed by atoms with E-state index in [-0.39, 0.29) is 0 Å². The van der Waals surface area contributed by atoms with Gasteiger partial charge in [-0.05, 0) is 161 Å². The highest BCUT2D eigenvalue weighted by atomic mass is 32.2. The van der Waals surface area contributed by atoms with Crippen molar-refractivity contribution in [2.24, 2.45) is 47.3 Å². The van der Waals surface area contributed by atoms with Gasteiger partial charge < -0.3 is 56.7 Å². The summed E-state index contributed by atoms with van der Waals surface area (Å²) in [5.74, 6) is 9.28. The van der Waals surface area contributed by atoms with Crippen LogP contribution in [0.1, 0.15) is 225 Å². The van der Waals surface area contributed by atoms with E-state index in [1.165, 1.54) is 129 Å². The Morgan fingerprint density at radius 2 is 0.630 bits per heavy atom. The molecular weight excluding hydrogens is 1020 g/mol. The van der Waals surface area contributed by atoms with E-state index in [2.05, 4.69) is 265 Å². The van der Waals surface area contributed by atoms with Crippen LogP contribution in [-0.2, 0) is 4.74 Å². The van der Waals surface area contributed by atoms with Gasteiger partial charge in [0.2, 0.25) is 0 Å². The van der Waals surface area contributed by atoms with E-state index < -0.39 is 0 Å². The quantitative estimate of drug-likeness (QED) is 0.117. The van der Waals surface area contributed by atoms with Crippen LogP contribution in [0.15, 0.2) is 18.7 Å². The number of nitrogens with zero attached hydrogens (tertiary/aromatic N) is 3. The van der Waals surface area contributed by atoms with Crippen LogP contribution in [0.25, 0.3) is 0 Å². The SMILES string of the molecule is C1CCNC1.C1CCNCC1.C1CN1.C1CNC1.C1COCCN1.C1CSCCN1.CC(C)C.CC(C)C.CC(C)C.CC(C)C.CC(C)C.CC(C)C.CC(C)C.CC(C)C.CN(C)C(C)(C)C.CN1CCNCC1.c1c[nH]cn1. The van der Waals surface area contributed by atoms with Crippen LogP contribution >= 0.6 is 11.8 Å². The van der Waals surface area contributed by atoms with E-state index >= 15 is 0 Å². The van der Waals surface area contributed by atoms with Crippen LogP contribution in [0, 0.1) is 47.3 Å². The number of likely N-dealkylation sites (N-methyl/N-ethyl adjacent to an activating group) is 1. The van der Waals surface area contributed by atoms with Crippen molar-refractivity contribution in [3.8, 4) is 0 Å². The highest BCUT2D eigenvalue weighted by Gasteiger charge is 2.10. The summed E-state index contributed by atoms with van der Waals surface area (Å²) in [4.78, 5) is 10.9. The minimum atomic E-state index is 0.333. The average Bonchev–Trinajstić information content (AvgIpc) is 3.79. The number of thioether (sulfide) groups is 1. The molecule has 0 bridgehead atoms. The number of aromatic nitrogens is 2. The second-order valence-electron chi connectivity index (χ2n) is 27.6. The second kappa shape index (κ2) is 85.6. The average molecular weight is 1180 g/mol. The van der Waals surface area contributed by atoms with Gasteiger partial charge in [0.25, 0.3) is 0 Å². The van der Waals surface area contributed by atoms with Crippen molar-refractivity contribution in [2.75, 3.05) is 151 Å². The molecule has 7 aliphatic rings. The van der Waals surface area contributed by atoms with Crippen LogP contribution in [0.5, 0.6) is 0 Å². The highest BCUT2D eigenvalue weighted by molar-refractivity contribution is 7.99. The summed E-state index contributed by atoms with van der Waals surface area (Å²) < 4.78 is 5.01. The molecule has 12 nitrogen and oxygen atoms in total. The number of morpholine rings is 1. The monoisotopic (exact) mass is 1180 g/mol. The summed E-state index contributed by atoms with van der Waals surface area (Å²) in [6.45, 7) is 79.6. The Kier molecular flexibility index (Phi) is 105. The lowest BCUT2D eigenvalue weighted by molar-refractivity contribution is 0.109. The van der Waals surface area contributed by atoms with Crippen molar-refractivity contribution >= 4 is 11.8 Å². The molecule has 13 heteroatoms. The zero-order valence-electron chi connectivity index (χ0n) is 61.4. The maximum atomic E-state index is 5.01. The first-order valence-corrected chi connectivity index (χ1v) is 34.2. The molecule has 0 aliphatic carbocycles. The first-order valence-electron chi connectivity index (χ1n) is 33.1. The molecule has 81 heavy (non-hydrogen) atoms. The molecule has 0 amide bonds. The number of rotatable bonds is 0. The fraction of sp³-hybridized carbons (Fsp3) is 0.956. The number of imidazole rings is 1. The van der Waals surface area contributed by atoms with Gasteiger partial charge in [-0.2, -0.15) is 11.8 Å². The number of piperidine rings is 1. The van der Waals surface area contributed by atoms with Crippen molar-refractivity contribution in [1.82, 2.24) is 57.0 Å². The molecule has 1 aromatic rings. The number of aromatic amines is 1. The summed E-state index contributed by atoms with van der Waals surface area (Å²) in [7, 11) is 6.32. The Labute approximate surface area is 518 Å².